The molecule has 0 aromatic heterocycles. The number of hydrogen-bond donors (Lipinski definition) is 5. The smallest absolute Gasteiger partial charge is 0.407 e. The van der Waals surface area contributed by atoms with Gasteiger partial charge < -0.3 is 31.1 Å². The highest BCUT2D eigenvalue weighted by atomic mass is 32.2. The Morgan fingerprint density at radius 2 is 1.10 bits per heavy atom. The number of amides is 4. The van der Waals surface area contributed by atoms with Crippen molar-refractivity contribution in [2.75, 3.05) is 12.4 Å². The predicted molar refractivity (Wildman–Crippen MR) is 247 cm³/mol. The Morgan fingerprint density at radius 1 is 0.635 bits per heavy atom. The van der Waals surface area contributed by atoms with Crippen LogP contribution >= 0.6 is 11.8 Å². The third kappa shape index (κ3) is 10.5. The third-order valence-corrected chi connectivity index (χ3v) is 12.9. The maximum Gasteiger partial charge on any atom is 0.407 e. The van der Waals surface area contributed by atoms with E-state index in [2.05, 4.69) is 21.3 Å². The van der Waals surface area contributed by atoms with Crippen molar-refractivity contribution in [1.82, 2.24) is 21.3 Å². The van der Waals surface area contributed by atoms with E-state index in [1.165, 1.54) is 17.8 Å². The monoisotopic (exact) mass is 866 g/mol. The molecule has 1 aliphatic carbocycles. The number of allylic oxidation sites excluding steroid dienone is 1. The number of hydrogen-bond acceptors (Lipinski definition) is 7. The molecule has 0 fully saturated rings. The standard InChI is InChI=1S/C51H54N4O7S/c1-6-42(46(56)54-45(33(4)5)49(59)60)52-47(57)43(31-63-51(34-20-10-7-11-21-34,35-22-12-8-13-23-35)36-24-14-9-15-25-36)53-48(58)44(32(2)3)55-50(61)62-30-41-39-28-18-16-26-37(39)38-27-17-19-29-40(38)41/h6-29,32-33,41,43-45H,30-31H2,1-5H3,(H,52,57)(H,53,58)(H,54,56)(H,55,61)(H,59,60). The fraction of sp³-hybridized carbons (Fsp3) is 0.275. The second-order valence-electron chi connectivity index (χ2n) is 16.1. The summed E-state index contributed by atoms with van der Waals surface area (Å²) in [7, 11) is 0. The number of rotatable bonds is 18. The molecule has 0 bridgehead atoms. The van der Waals surface area contributed by atoms with Crippen LogP contribution in [0, 0.1) is 11.8 Å². The molecule has 12 heteroatoms. The fourth-order valence-corrected chi connectivity index (χ4v) is 9.50. The minimum absolute atomic E-state index is 0.00558. The lowest BCUT2D eigenvalue weighted by atomic mass is 9.84. The predicted octanol–water partition coefficient (Wildman–Crippen LogP) is 8.01. The Bertz CT molecular complexity index is 2280. The van der Waals surface area contributed by atoms with Gasteiger partial charge in [0, 0.05) is 11.7 Å². The first-order valence-electron chi connectivity index (χ1n) is 21.1. The van der Waals surface area contributed by atoms with Crippen molar-refractivity contribution in [2.24, 2.45) is 11.8 Å². The van der Waals surface area contributed by atoms with Crippen molar-refractivity contribution in [2.45, 2.75) is 63.4 Å². The van der Waals surface area contributed by atoms with E-state index in [-0.39, 0.29) is 24.0 Å². The Hall–Kier alpha value is -6.66. The summed E-state index contributed by atoms with van der Waals surface area (Å²) in [6.45, 7) is 8.47. The molecule has 1 aliphatic rings. The first-order chi connectivity index (χ1) is 30.3. The summed E-state index contributed by atoms with van der Waals surface area (Å²) in [5.74, 6) is -4.44. The molecular weight excluding hydrogens is 813 g/mol. The number of carbonyl (C=O) groups is 5. The van der Waals surface area contributed by atoms with Gasteiger partial charge in [-0.05, 0) is 57.7 Å². The number of thioether (sulfide) groups is 1. The molecule has 0 saturated carbocycles. The first kappa shape index (κ1) is 45.9. The van der Waals surface area contributed by atoms with Crippen LogP contribution in [0.5, 0.6) is 0 Å². The van der Waals surface area contributed by atoms with Gasteiger partial charge in [0.05, 0.1) is 4.75 Å². The first-order valence-corrected chi connectivity index (χ1v) is 22.1. The summed E-state index contributed by atoms with van der Waals surface area (Å²) in [5.41, 5.74) is 6.86. The van der Waals surface area contributed by atoms with Crippen molar-refractivity contribution >= 4 is 41.5 Å². The Kier molecular flexibility index (Phi) is 15.2. The minimum atomic E-state index is -1.27. The molecule has 0 radical (unpaired) electrons. The van der Waals surface area contributed by atoms with E-state index < -0.39 is 64.5 Å². The van der Waals surface area contributed by atoms with Gasteiger partial charge in [0.2, 0.25) is 11.8 Å². The zero-order valence-corrected chi connectivity index (χ0v) is 36.9. The van der Waals surface area contributed by atoms with Gasteiger partial charge in [-0.3, -0.25) is 14.4 Å². The molecule has 11 nitrogen and oxygen atoms in total. The maximum atomic E-state index is 14.5. The summed E-state index contributed by atoms with van der Waals surface area (Å²) in [6.07, 6.45) is 0.583. The summed E-state index contributed by atoms with van der Waals surface area (Å²) >= 11 is 1.43. The molecule has 3 unspecified atom stereocenters. The molecule has 0 spiro atoms. The Morgan fingerprint density at radius 3 is 1.54 bits per heavy atom. The Balaban J connectivity index is 1.28. The zero-order chi connectivity index (χ0) is 45.1. The summed E-state index contributed by atoms with van der Waals surface area (Å²) in [5, 5.41) is 20.6. The van der Waals surface area contributed by atoms with Crippen LogP contribution in [-0.2, 0) is 28.7 Å². The van der Waals surface area contributed by atoms with E-state index >= 15 is 0 Å². The van der Waals surface area contributed by atoms with Gasteiger partial charge in [-0.2, -0.15) is 0 Å². The van der Waals surface area contributed by atoms with Crippen LogP contribution in [-0.4, -0.2) is 65.4 Å². The molecule has 5 aromatic carbocycles. The van der Waals surface area contributed by atoms with Crippen LogP contribution < -0.4 is 21.3 Å². The van der Waals surface area contributed by atoms with Gasteiger partial charge in [0.15, 0.2) is 0 Å². The number of nitrogens with one attached hydrogen (secondary N) is 4. The molecular formula is C51H54N4O7S. The molecule has 63 heavy (non-hydrogen) atoms. The van der Waals surface area contributed by atoms with Gasteiger partial charge in [0.25, 0.3) is 5.91 Å². The largest absolute Gasteiger partial charge is 0.480 e. The van der Waals surface area contributed by atoms with Crippen molar-refractivity contribution in [3.8, 4) is 11.1 Å². The number of aliphatic carboxylic acids is 1. The van der Waals surface area contributed by atoms with Crippen molar-refractivity contribution in [3.63, 3.8) is 0 Å². The van der Waals surface area contributed by atoms with Crippen molar-refractivity contribution in [1.29, 1.82) is 0 Å². The number of benzene rings is 5. The second kappa shape index (κ2) is 20.9. The maximum absolute atomic E-state index is 14.5. The molecule has 4 amide bonds. The van der Waals surface area contributed by atoms with E-state index in [0.29, 0.717) is 0 Å². The van der Waals surface area contributed by atoms with Crippen LogP contribution in [0.2, 0.25) is 0 Å². The number of carboxylic acid groups (broad SMARTS) is 1. The lowest BCUT2D eigenvalue weighted by molar-refractivity contribution is -0.142. The third-order valence-electron chi connectivity index (χ3n) is 11.2. The minimum Gasteiger partial charge on any atom is -0.480 e. The lowest BCUT2D eigenvalue weighted by Gasteiger charge is -2.36. The van der Waals surface area contributed by atoms with E-state index in [4.69, 9.17) is 4.74 Å². The number of alkyl carbamates (subject to hydrolysis) is 1. The second-order valence-corrected chi connectivity index (χ2v) is 17.3. The van der Waals surface area contributed by atoms with E-state index in [9.17, 15) is 29.1 Å². The number of ether oxygens (including phenoxy) is 1. The molecule has 6 rings (SSSR count). The quantitative estimate of drug-likeness (QED) is 0.0437. The molecule has 326 valence electrons. The van der Waals surface area contributed by atoms with Gasteiger partial charge in [0.1, 0.15) is 30.4 Å². The average molecular weight is 867 g/mol. The fourth-order valence-electron chi connectivity index (χ4n) is 7.94. The van der Waals surface area contributed by atoms with E-state index in [0.717, 1.165) is 38.9 Å². The summed E-state index contributed by atoms with van der Waals surface area (Å²) < 4.78 is 4.94. The molecule has 0 heterocycles. The lowest BCUT2D eigenvalue weighted by Crippen LogP contribution is -2.57. The topological polar surface area (TPSA) is 163 Å². The van der Waals surface area contributed by atoms with Crippen molar-refractivity contribution in [3.05, 3.63) is 179 Å². The molecule has 5 N–H and O–H groups in total. The molecule has 3 atom stereocenters. The number of fused-ring (bicyclic) bond motifs is 3. The van der Waals surface area contributed by atoms with Crippen LogP contribution in [0.4, 0.5) is 4.79 Å². The van der Waals surface area contributed by atoms with Crippen LogP contribution in [0.15, 0.2) is 151 Å². The van der Waals surface area contributed by atoms with Gasteiger partial charge >= 0.3 is 12.1 Å². The normalized spacial score (nSPS) is 13.9. The van der Waals surface area contributed by atoms with E-state index in [1.807, 2.05) is 140 Å². The average Bonchev–Trinajstić information content (AvgIpc) is 3.62. The highest BCUT2D eigenvalue weighted by Gasteiger charge is 2.40. The number of carbonyl (C=O) groups excluding carboxylic acids is 4. The zero-order valence-electron chi connectivity index (χ0n) is 36.0. The number of carboxylic acids is 1. The van der Waals surface area contributed by atoms with Crippen molar-refractivity contribution < 1.29 is 33.8 Å². The Labute approximate surface area is 373 Å². The van der Waals surface area contributed by atoms with Gasteiger partial charge in [-0.15, -0.1) is 11.8 Å². The molecule has 0 saturated heterocycles. The van der Waals surface area contributed by atoms with Crippen LogP contribution in [0.25, 0.3) is 11.1 Å². The molecule has 5 aromatic rings. The van der Waals surface area contributed by atoms with Gasteiger partial charge in [-0.25, -0.2) is 9.59 Å². The van der Waals surface area contributed by atoms with E-state index in [1.54, 1.807) is 34.6 Å². The van der Waals surface area contributed by atoms with Crippen LogP contribution in [0.1, 0.15) is 68.4 Å². The summed E-state index contributed by atoms with van der Waals surface area (Å²) in [6, 6.07) is 42.0. The van der Waals surface area contributed by atoms with Gasteiger partial charge in [-0.1, -0.05) is 173 Å². The summed E-state index contributed by atoms with van der Waals surface area (Å²) in [4.78, 5) is 67.9. The highest BCUT2D eigenvalue weighted by Crippen LogP contribution is 2.49. The highest BCUT2D eigenvalue weighted by molar-refractivity contribution is 8.00. The SMILES string of the molecule is CC=C(NC(=O)C(CSC(c1ccccc1)(c1ccccc1)c1ccccc1)NC(=O)C(NC(=O)OCC1c2ccccc2-c2ccccc21)C(C)C)C(=O)NC(C(=O)O)C(C)C. The van der Waals surface area contributed by atoms with Crippen LogP contribution in [0.3, 0.4) is 0 Å². The molecule has 0 aliphatic heterocycles.